The highest BCUT2D eigenvalue weighted by atomic mass is 16.5. The van der Waals surface area contributed by atoms with Crippen molar-refractivity contribution < 1.29 is 19.0 Å². The molecule has 3 rings (SSSR count). The third-order valence-corrected chi connectivity index (χ3v) is 3.68. The molecule has 134 valence electrons. The standard InChI is InChI=1S/C18H18N4O4/c1-11-20-17-13(10-19-22(17)2)18(21-11)26-14-7-5-12(9-15(14)24-3)6-8-16(23)25-4/h5-10H,1-4H3/b8-6+. The first-order valence-corrected chi connectivity index (χ1v) is 7.80. The van der Waals surface area contributed by atoms with Gasteiger partial charge >= 0.3 is 5.97 Å². The molecule has 3 aromatic rings. The molecule has 26 heavy (non-hydrogen) atoms. The van der Waals surface area contributed by atoms with Gasteiger partial charge in [0.2, 0.25) is 5.88 Å². The average Bonchev–Trinajstić information content (AvgIpc) is 3.01. The second kappa shape index (κ2) is 7.22. The Bertz CT molecular complexity index is 994. The lowest BCUT2D eigenvalue weighted by Gasteiger charge is -2.11. The first-order valence-electron chi connectivity index (χ1n) is 7.80. The lowest BCUT2D eigenvalue weighted by molar-refractivity contribution is -0.134. The molecule has 0 bridgehead atoms. The largest absolute Gasteiger partial charge is 0.493 e. The van der Waals surface area contributed by atoms with Crippen molar-refractivity contribution >= 4 is 23.1 Å². The van der Waals surface area contributed by atoms with Crippen LogP contribution in [0.2, 0.25) is 0 Å². The van der Waals surface area contributed by atoms with Gasteiger partial charge in [-0.05, 0) is 30.7 Å². The highest BCUT2D eigenvalue weighted by Gasteiger charge is 2.14. The van der Waals surface area contributed by atoms with Crippen LogP contribution in [-0.2, 0) is 16.6 Å². The summed E-state index contributed by atoms with van der Waals surface area (Å²) in [5, 5.41) is 4.90. The molecule has 0 aliphatic heterocycles. The summed E-state index contributed by atoms with van der Waals surface area (Å²) in [6.45, 7) is 1.79. The van der Waals surface area contributed by atoms with E-state index in [0.29, 0.717) is 34.2 Å². The van der Waals surface area contributed by atoms with E-state index in [2.05, 4.69) is 19.8 Å². The maximum absolute atomic E-state index is 11.2. The van der Waals surface area contributed by atoms with Crippen LogP contribution in [0.4, 0.5) is 0 Å². The molecule has 0 spiro atoms. The molecule has 2 aromatic heterocycles. The maximum atomic E-state index is 11.2. The van der Waals surface area contributed by atoms with E-state index in [1.165, 1.54) is 13.2 Å². The van der Waals surface area contributed by atoms with Crippen LogP contribution in [0.15, 0.2) is 30.5 Å². The molecule has 0 radical (unpaired) electrons. The summed E-state index contributed by atoms with van der Waals surface area (Å²) in [6, 6.07) is 5.30. The Hall–Kier alpha value is -3.42. The quantitative estimate of drug-likeness (QED) is 0.514. The van der Waals surface area contributed by atoms with Gasteiger partial charge in [-0.2, -0.15) is 10.1 Å². The van der Waals surface area contributed by atoms with Gasteiger partial charge in [0.25, 0.3) is 0 Å². The van der Waals surface area contributed by atoms with Crippen molar-refractivity contribution in [3.05, 3.63) is 41.9 Å². The second-order valence-corrected chi connectivity index (χ2v) is 5.45. The highest BCUT2D eigenvalue weighted by Crippen LogP contribution is 2.34. The van der Waals surface area contributed by atoms with Gasteiger partial charge in [-0.1, -0.05) is 6.07 Å². The maximum Gasteiger partial charge on any atom is 0.330 e. The van der Waals surface area contributed by atoms with Crippen molar-refractivity contribution in [3.63, 3.8) is 0 Å². The number of fused-ring (bicyclic) bond motifs is 1. The number of ether oxygens (including phenoxy) is 3. The molecule has 8 heteroatoms. The summed E-state index contributed by atoms with van der Waals surface area (Å²) < 4.78 is 17.6. The minimum absolute atomic E-state index is 0.400. The monoisotopic (exact) mass is 354 g/mol. The van der Waals surface area contributed by atoms with Gasteiger partial charge in [0.15, 0.2) is 17.1 Å². The molecule has 0 amide bonds. The van der Waals surface area contributed by atoms with E-state index in [9.17, 15) is 4.79 Å². The van der Waals surface area contributed by atoms with Crippen molar-refractivity contribution in [2.24, 2.45) is 7.05 Å². The minimum Gasteiger partial charge on any atom is -0.493 e. The molecule has 0 saturated carbocycles. The minimum atomic E-state index is -0.431. The van der Waals surface area contributed by atoms with Crippen molar-refractivity contribution in [3.8, 4) is 17.4 Å². The van der Waals surface area contributed by atoms with Crippen molar-refractivity contribution in [2.45, 2.75) is 6.92 Å². The SMILES string of the molecule is COC(=O)/C=C/c1ccc(Oc2nc(C)nc3c2cnn3C)c(OC)c1. The summed E-state index contributed by atoms with van der Waals surface area (Å²) in [7, 11) is 4.68. The molecule has 8 nitrogen and oxygen atoms in total. The van der Waals surface area contributed by atoms with Crippen LogP contribution < -0.4 is 9.47 Å². The molecule has 0 saturated heterocycles. The fourth-order valence-electron chi connectivity index (χ4n) is 2.39. The molecule has 0 aliphatic carbocycles. The van der Waals surface area contributed by atoms with Crippen LogP contribution in [0, 0.1) is 6.92 Å². The Labute approximate surface area is 150 Å². The smallest absolute Gasteiger partial charge is 0.330 e. The van der Waals surface area contributed by atoms with Crippen LogP contribution >= 0.6 is 0 Å². The third-order valence-electron chi connectivity index (χ3n) is 3.68. The van der Waals surface area contributed by atoms with E-state index < -0.39 is 5.97 Å². The van der Waals surface area contributed by atoms with Gasteiger partial charge in [-0.15, -0.1) is 0 Å². The Balaban J connectivity index is 1.95. The lowest BCUT2D eigenvalue weighted by Crippen LogP contribution is -1.99. The number of methoxy groups -OCH3 is 2. The van der Waals surface area contributed by atoms with E-state index in [1.54, 1.807) is 49.2 Å². The first kappa shape index (κ1) is 17.4. The number of aromatic nitrogens is 4. The van der Waals surface area contributed by atoms with Crippen molar-refractivity contribution in [1.29, 1.82) is 0 Å². The van der Waals surface area contributed by atoms with E-state index in [0.717, 1.165) is 5.56 Å². The van der Waals surface area contributed by atoms with Gasteiger partial charge in [-0.3, -0.25) is 4.68 Å². The predicted molar refractivity (Wildman–Crippen MR) is 95.2 cm³/mol. The Morgan fingerprint density at radius 2 is 2.00 bits per heavy atom. The topological polar surface area (TPSA) is 88.4 Å². The molecule has 2 heterocycles. The van der Waals surface area contributed by atoms with Crippen LogP contribution in [0.25, 0.3) is 17.1 Å². The molecular formula is C18H18N4O4. The molecule has 0 fully saturated rings. The molecule has 0 aliphatic rings. The number of carbonyl (C=O) groups is 1. The summed E-state index contributed by atoms with van der Waals surface area (Å²) in [6.07, 6.45) is 4.62. The van der Waals surface area contributed by atoms with Gasteiger partial charge in [0, 0.05) is 13.1 Å². The van der Waals surface area contributed by atoms with E-state index in [1.807, 2.05) is 7.05 Å². The van der Waals surface area contributed by atoms with Gasteiger partial charge in [-0.25, -0.2) is 9.78 Å². The molecular weight excluding hydrogens is 336 g/mol. The second-order valence-electron chi connectivity index (χ2n) is 5.45. The summed E-state index contributed by atoms with van der Waals surface area (Å²) in [4.78, 5) is 19.9. The fourth-order valence-corrected chi connectivity index (χ4v) is 2.39. The average molecular weight is 354 g/mol. The number of nitrogens with zero attached hydrogens (tertiary/aromatic N) is 4. The summed E-state index contributed by atoms with van der Waals surface area (Å²) in [5.41, 5.74) is 1.45. The Morgan fingerprint density at radius 3 is 2.73 bits per heavy atom. The molecule has 0 N–H and O–H groups in total. The number of esters is 1. The van der Waals surface area contributed by atoms with Crippen LogP contribution in [0.1, 0.15) is 11.4 Å². The normalized spacial score (nSPS) is 11.1. The summed E-state index contributed by atoms with van der Waals surface area (Å²) in [5.74, 6) is 1.54. The lowest BCUT2D eigenvalue weighted by atomic mass is 10.2. The first-order chi connectivity index (χ1) is 12.5. The molecule has 0 atom stereocenters. The number of benzene rings is 1. The third kappa shape index (κ3) is 3.49. The van der Waals surface area contributed by atoms with E-state index in [-0.39, 0.29) is 0 Å². The predicted octanol–water partition coefficient (Wildman–Crippen LogP) is 2.66. The number of hydrogen-bond donors (Lipinski definition) is 0. The van der Waals surface area contributed by atoms with Crippen molar-refractivity contribution in [1.82, 2.24) is 19.7 Å². The number of hydrogen-bond acceptors (Lipinski definition) is 7. The zero-order chi connectivity index (χ0) is 18.7. The fraction of sp³-hybridized carbons (Fsp3) is 0.222. The number of carbonyl (C=O) groups excluding carboxylic acids is 1. The van der Waals surface area contributed by atoms with Crippen LogP contribution in [0.3, 0.4) is 0 Å². The molecule has 0 unspecified atom stereocenters. The van der Waals surface area contributed by atoms with Gasteiger partial charge in [0.05, 0.1) is 20.4 Å². The Kier molecular flexibility index (Phi) is 4.83. The zero-order valence-corrected chi connectivity index (χ0v) is 14.9. The van der Waals surface area contributed by atoms with Crippen LogP contribution in [0.5, 0.6) is 17.4 Å². The van der Waals surface area contributed by atoms with Crippen molar-refractivity contribution in [2.75, 3.05) is 14.2 Å². The highest BCUT2D eigenvalue weighted by molar-refractivity contribution is 5.87. The number of aryl methyl sites for hydroxylation is 2. The van der Waals surface area contributed by atoms with Crippen LogP contribution in [-0.4, -0.2) is 39.9 Å². The van der Waals surface area contributed by atoms with Gasteiger partial charge < -0.3 is 14.2 Å². The Morgan fingerprint density at radius 1 is 1.19 bits per heavy atom. The van der Waals surface area contributed by atoms with E-state index in [4.69, 9.17) is 9.47 Å². The van der Waals surface area contributed by atoms with E-state index >= 15 is 0 Å². The number of rotatable bonds is 5. The van der Waals surface area contributed by atoms with Gasteiger partial charge in [0.1, 0.15) is 11.2 Å². The molecule has 1 aromatic carbocycles. The zero-order valence-electron chi connectivity index (χ0n) is 14.9. The summed E-state index contributed by atoms with van der Waals surface area (Å²) >= 11 is 0.